The maximum absolute atomic E-state index is 12.7. The highest BCUT2D eigenvalue weighted by Gasteiger charge is 2.61. The molecular weight excluding hydrogens is 474 g/mol. The summed E-state index contributed by atoms with van der Waals surface area (Å²) in [6.45, 7) is 6.22. The lowest BCUT2D eigenvalue weighted by Gasteiger charge is -2.20. The summed E-state index contributed by atoms with van der Waals surface area (Å²) in [5.74, 6) is -0.770. The van der Waals surface area contributed by atoms with Gasteiger partial charge in [-0.3, -0.25) is 4.98 Å². The maximum atomic E-state index is 12.7. The van der Waals surface area contributed by atoms with E-state index in [0.29, 0.717) is 24.0 Å². The molecule has 1 aromatic heterocycles. The number of hydrogen-bond acceptors (Lipinski definition) is 6. The molecule has 2 saturated heterocycles. The fourth-order valence-electron chi connectivity index (χ4n) is 4.72. The number of carbonyl (C=O) groups excluding carboxylic acids is 2. The van der Waals surface area contributed by atoms with E-state index in [-0.39, 0.29) is 42.3 Å². The summed E-state index contributed by atoms with van der Waals surface area (Å²) >= 11 is 3.41. The molecule has 2 aromatic rings. The van der Waals surface area contributed by atoms with Crippen LogP contribution < -0.4 is 0 Å². The van der Waals surface area contributed by atoms with Crippen LogP contribution in [0.25, 0.3) is 10.9 Å². The molecule has 0 amide bonds. The summed E-state index contributed by atoms with van der Waals surface area (Å²) in [4.78, 5) is 29.1. The number of halogens is 1. The van der Waals surface area contributed by atoms with Crippen LogP contribution in [0, 0.1) is 5.92 Å². The molecule has 4 atom stereocenters. The van der Waals surface area contributed by atoms with Crippen LogP contribution in [-0.2, 0) is 19.0 Å². The van der Waals surface area contributed by atoms with Crippen molar-refractivity contribution in [2.75, 3.05) is 6.61 Å². The van der Waals surface area contributed by atoms with Crippen molar-refractivity contribution in [1.29, 1.82) is 0 Å². The molecule has 0 radical (unpaired) electrons. The first-order chi connectivity index (χ1) is 15.3. The van der Waals surface area contributed by atoms with E-state index in [1.165, 1.54) is 0 Å². The van der Waals surface area contributed by atoms with E-state index in [1.807, 2.05) is 12.1 Å². The highest BCUT2D eigenvalue weighted by Crippen LogP contribution is 2.49. The van der Waals surface area contributed by atoms with E-state index in [0.717, 1.165) is 33.8 Å². The summed E-state index contributed by atoms with van der Waals surface area (Å²) in [6.07, 6.45) is 6.60. The molecule has 3 aliphatic rings. The average Bonchev–Trinajstić information content (AvgIpc) is 3.36. The second kappa shape index (κ2) is 8.12. The second-order valence-electron chi connectivity index (χ2n) is 8.93. The Morgan fingerprint density at radius 3 is 3.06 bits per heavy atom. The van der Waals surface area contributed by atoms with Crippen molar-refractivity contribution in [3.8, 4) is 0 Å². The van der Waals surface area contributed by atoms with Crippen LogP contribution in [0.3, 0.4) is 0 Å². The largest absolute Gasteiger partial charge is 0.458 e. The minimum absolute atomic E-state index is 0.0640. The standard InChI is InChI=1S/C25H24BrNO5/c1-14-19-7-5-15(4-3-9-25(2)22(32-25)21(19)31-23(14)28)13-30-24(29)16-6-8-20-17(10-16)11-18(26)12-27-20/h4,6,8,10-12,19,21-22H,1,3,5,7,9,13H2,2H3/t19-,21-,22-,25+/m0/s1. The van der Waals surface area contributed by atoms with Crippen LogP contribution in [-0.4, -0.2) is 41.3 Å². The van der Waals surface area contributed by atoms with Gasteiger partial charge in [-0.15, -0.1) is 0 Å². The lowest BCUT2D eigenvalue weighted by atomic mass is 9.84. The molecule has 1 aliphatic carbocycles. The lowest BCUT2D eigenvalue weighted by Crippen LogP contribution is -2.29. The Labute approximate surface area is 194 Å². The van der Waals surface area contributed by atoms with Gasteiger partial charge >= 0.3 is 11.9 Å². The van der Waals surface area contributed by atoms with Gasteiger partial charge in [-0.05, 0) is 78.4 Å². The van der Waals surface area contributed by atoms with E-state index in [1.54, 1.807) is 18.3 Å². The van der Waals surface area contributed by atoms with Gasteiger partial charge in [0.15, 0.2) is 0 Å². The molecular formula is C25H24BrNO5. The normalized spacial score (nSPS) is 29.6. The molecule has 0 saturated carbocycles. The Bertz CT molecular complexity index is 1160. The van der Waals surface area contributed by atoms with Crippen LogP contribution >= 0.6 is 15.9 Å². The molecule has 2 aliphatic heterocycles. The monoisotopic (exact) mass is 497 g/mol. The van der Waals surface area contributed by atoms with Crippen molar-refractivity contribution in [3.63, 3.8) is 0 Å². The minimum atomic E-state index is -0.371. The van der Waals surface area contributed by atoms with Crippen LogP contribution in [0.1, 0.15) is 43.0 Å². The molecule has 32 heavy (non-hydrogen) atoms. The molecule has 0 spiro atoms. The number of nitrogens with zero attached hydrogens (tertiary/aromatic N) is 1. The van der Waals surface area contributed by atoms with Crippen molar-refractivity contribution in [1.82, 2.24) is 4.98 Å². The Morgan fingerprint density at radius 2 is 2.22 bits per heavy atom. The highest BCUT2D eigenvalue weighted by atomic mass is 79.9. The van der Waals surface area contributed by atoms with Crippen LogP contribution in [0.2, 0.25) is 0 Å². The Morgan fingerprint density at radius 1 is 1.38 bits per heavy atom. The van der Waals surface area contributed by atoms with Crippen LogP contribution in [0.5, 0.6) is 0 Å². The molecule has 166 valence electrons. The summed E-state index contributed by atoms with van der Waals surface area (Å²) in [6, 6.07) is 7.26. The third-order valence-corrected chi connectivity index (χ3v) is 7.14. The Hall–Kier alpha value is -2.51. The first kappa shape index (κ1) is 21.3. The van der Waals surface area contributed by atoms with Crippen molar-refractivity contribution < 1.29 is 23.8 Å². The summed E-state index contributed by atoms with van der Waals surface area (Å²) in [7, 11) is 0. The van der Waals surface area contributed by atoms with Crippen molar-refractivity contribution in [3.05, 3.63) is 64.3 Å². The number of ether oxygens (including phenoxy) is 3. The number of esters is 2. The number of benzene rings is 1. The molecule has 6 nitrogen and oxygen atoms in total. The van der Waals surface area contributed by atoms with E-state index >= 15 is 0 Å². The fraction of sp³-hybridized carbons (Fsp3) is 0.400. The predicted molar refractivity (Wildman–Crippen MR) is 122 cm³/mol. The number of carbonyl (C=O) groups is 2. The minimum Gasteiger partial charge on any atom is -0.458 e. The van der Waals surface area contributed by atoms with Gasteiger partial charge in [0, 0.05) is 27.5 Å². The van der Waals surface area contributed by atoms with Crippen molar-refractivity contribution >= 4 is 38.8 Å². The summed E-state index contributed by atoms with van der Waals surface area (Å²) < 4.78 is 18.0. The van der Waals surface area contributed by atoms with E-state index in [9.17, 15) is 9.59 Å². The van der Waals surface area contributed by atoms with Crippen LogP contribution in [0.15, 0.2) is 58.7 Å². The van der Waals surface area contributed by atoms with Gasteiger partial charge in [0.1, 0.15) is 18.8 Å². The van der Waals surface area contributed by atoms with Gasteiger partial charge in [-0.1, -0.05) is 12.7 Å². The summed E-state index contributed by atoms with van der Waals surface area (Å²) in [5.41, 5.74) is 2.58. The third-order valence-electron chi connectivity index (χ3n) is 6.71. The molecule has 0 unspecified atom stereocenters. The molecule has 3 heterocycles. The number of epoxide rings is 1. The number of fused-ring (bicyclic) bond motifs is 4. The van der Waals surface area contributed by atoms with Gasteiger partial charge in [-0.2, -0.15) is 0 Å². The lowest BCUT2D eigenvalue weighted by molar-refractivity contribution is -0.140. The van der Waals surface area contributed by atoms with Crippen LogP contribution in [0.4, 0.5) is 0 Å². The fourth-order valence-corrected chi connectivity index (χ4v) is 5.07. The van der Waals surface area contributed by atoms with Gasteiger partial charge in [-0.25, -0.2) is 9.59 Å². The van der Waals surface area contributed by atoms with E-state index < -0.39 is 0 Å². The van der Waals surface area contributed by atoms with E-state index in [2.05, 4.69) is 40.5 Å². The topological polar surface area (TPSA) is 78.0 Å². The molecule has 1 aromatic carbocycles. The number of hydrogen-bond donors (Lipinski definition) is 0. The number of rotatable bonds is 3. The van der Waals surface area contributed by atoms with Crippen molar-refractivity contribution in [2.45, 2.75) is 50.4 Å². The highest BCUT2D eigenvalue weighted by molar-refractivity contribution is 9.10. The average molecular weight is 498 g/mol. The molecule has 2 fully saturated rings. The summed E-state index contributed by atoms with van der Waals surface area (Å²) in [5, 5.41) is 0.870. The molecule has 0 bridgehead atoms. The zero-order chi connectivity index (χ0) is 22.5. The third kappa shape index (κ3) is 3.99. The number of aromatic nitrogens is 1. The first-order valence-electron chi connectivity index (χ1n) is 10.8. The molecule has 5 rings (SSSR count). The quantitative estimate of drug-likeness (QED) is 0.259. The number of pyridine rings is 1. The zero-order valence-electron chi connectivity index (χ0n) is 17.8. The van der Waals surface area contributed by atoms with Crippen molar-refractivity contribution in [2.24, 2.45) is 5.92 Å². The van der Waals surface area contributed by atoms with Gasteiger partial charge < -0.3 is 14.2 Å². The SMILES string of the molecule is C=C1C(=O)O[C@H]2[C@H]1CCC(COC(=O)c1ccc3ncc(Br)cc3c1)=CCC[C@@]1(C)O[C@@H]21. The van der Waals surface area contributed by atoms with Gasteiger partial charge in [0.05, 0.1) is 16.7 Å². The molecule has 0 N–H and O–H groups in total. The first-order valence-corrected chi connectivity index (χ1v) is 11.6. The Kier molecular flexibility index (Phi) is 5.42. The zero-order valence-corrected chi connectivity index (χ0v) is 19.4. The molecule has 7 heteroatoms. The smallest absolute Gasteiger partial charge is 0.338 e. The maximum Gasteiger partial charge on any atom is 0.338 e. The van der Waals surface area contributed by atoms with E-state index in [4.69, 9.17) is 14.2 Å². The van der Waals surface area contributed by atoms with Gasteiger partial charge in [0.25, 0.3) is 0 Å². The second-order valence-corrected chi connectivity index (χ2v) is 9.85. The Balaban J connectivity index is 1.28. The van der Waals surface area contributed by atoms with Gasteiger partial charge in [0.2, 0.25) is 0 Å². The predicted octanol–water partition coefficient (Wildman–Crippen LogP) is 4.91. The number of allylic oxidation sites excluding steroid dienone is 1.